The van der Waals surface area contributed by atoms with Gasteiger partial charge in [-0.25, -0.2) is 15.0 Å². The molecule has 0 N–H and O–H groups in total. The zero-order valence-corrected chi connectivity index (χ0v) is 19.5. The van der Waals surface area contributed by atoms with Crippen LogP contribution < -0.4 is 0 Å². The number of amides is 1. The van der Waals surface area contributed by atoms with E-state index in [1.807, 2.05) is 76.0 Å². The molecule has 1 aromatic carbocycles. The van der Waals surface area contributed by atoms with Crippen LogP contribution >= 0.6 is 0 Å². The van der Waals surface area contributed by atoms with Crippen molar-refractivity contribution in [2.45, 2.75) is 47.7 Å². The van der Waals surface area contributed by atoms with Crippen LogP contribution in [0.1, 0.15) is 45.6 Å². The van der Waals surface area contributed by atoms with Crippen LogP contribution in [0.5, 0.6) is 0 Å². The van der Waals surface area contributed by atoms with E-state index in [-0.39, 0.29) is 5.91 Å². The minimum atomic E-state index is -0.0598. The number of aromatic nitrogens is 5. The van der Waals surface area contributed by atoms with E-state index in [9.17, 15) is 4.79 Å². The molecular weight excluding hydrogens is 400 g/mol. The quantitative estimate of drug-likeness (QED) is 0.470. The van der Waals surface area contributed by atoms with Gasteiger partial charge in [-0.2, -0.15) is 5.10 Å². The van der Waals surface area contributed by atoms with Gasteiger partial charge in [-0.05, 0) is 58.9 Å². The number of rotatable bonds is 5. The number of hydrogen-bond acceptors (Lipinski definition) is 5. The summed E-state index contributed by atoms with van der Waals surface area (Å²) in [6.07, 6.45) is 1.84. The van der Waals surface area contributed by atoms with Gasteiger partial charge in [0.1, 0.15) is 5.82 Å². The first-order chi connectivity index (χ1) is 15.3. The predicted octanol–water partition coefficient (Wildman–Crippen LogP) is 4.41. The van der Waals surface area contributed by atoms with E-state index in [1.54, 1.807) is 4.90 Å². The van der Waals surface area contributed by atoms with Crippen molar-refractivity contribution in [1.29, 1.82) is 0 Å². The van der Waals surface area contributed by atoms with Crippen molar-refractivity contribution in [1.82, 2.24) is 29.6 Å². The normalized spacial score (nSPS) is 11.2. The fraction of sp³-hybridized carbons (Fsp3) is 0.320. The minimum absolute atomic E-state index is 0.0598. The second-order valence-corrected chi connectivity index (χ2v) is 8.25. The molecule has 4 rings (SSSR count). The first kappa shape index (κ1) is 21.6. The molecule has 0 saturated heterocycles. The van der Waals surface area contributed by atoms with E-state index in [1.165, 1.54) is 0 Å². The monoisotopic (exact) mass is 428 g/mol. The zero-order valence-electron chi connectivity index (χ0n) is 19.5. The van der Waals surface area contributed by atoms with Crippen LogP contribution in [0.2, 0.25) is 0 Å². The van der Waals surface area contributed by atoms with E-state index >= 15 is 0 Å². The van der Waals surface area contributed by atoms with Crippen LogP contribution in [0.15, 0.2) is 36.5 Å². The Morgan fingerprint density at radius 3 is 2.44 bits per heavy atom. The number of hydrogen-bond donors (Lipinski definition) is 0. The molecule has 0 atom stereocenters. The maximum absolute atomic E-state index is 13.6. The summed E-state index contributed by atoms with van der Waals surface area (Å²) in [5.41, 5.74) is 6.84. The molecule has 7 heteroatoms. The highest BCUT2D eigenvalue weighted by molar-refractivity contribution is 6.07. The average Bonchev–Trinajstić information content (AvgIpc) is 3.11. The van der Waals surface area contributed by atoms with Crippen LogP contribution in [-0.4, -0.2) is 42.6 Å². The summed E-state index contributed by atoms with van der Waals surface area (Å²) in [5, 5.41) is 5.25. The second-order valence-electron chi connectivity index (χ2n) is 8.25. The summed E-state index contributed by atoms with van der Waals surface area (Å²) in [5.74, 6) is 0.620. The predicted molar refractivity (Wildman–Crippen MR) is 125 cm³/mol. The number of pyridine rings is 1. The van der Waals surface area contributed by atoms with Gasteiger partial charge >= 0.3 is 0 Å². The molecule has 1 amide bonds. The lowest BCUT2D eigenvalue weighted by atomic mass is 10.0. The van der Waals surface area contributed by atoms with Crippen LogP contribution in [0, 0.1) is 27.7 Å². The Labute approximate surface area is 188 Å². The molecule has 32 heavy (non-hydrogen) atoms. The summed E-state index contributed by atoms with van der Waals surface area (Å²) in [6.45, 7) is 11.2. The molecule has 0 unspecified atom stereocenters. The van der Waals surface area contributed by atoms with Gasteiger partial charge in [-0.15, -0.1) is 0 Å². The molecular formula is C25H28N6O. The van der Waals surface area contributed by atoms with E-state index in [4.69, 9.17) is 4.98 Å². The standard InChI is InChI=1S/C25H28N6O/c1-7-31-17(4)19(13-26-31)14-30(6)25(32)21-12-24(23-11-16(3)27-18(5)28-23)29-22-9-8-15(2)10-20(21)22/h8-13H,7,14H2,1-6H3. The third-order valence-corrected chi connectivity index (χ3v) is 5.68. The Bertz CT molecular complexity index is 1300. The fourth-order valence-corrected chi connectivity index (χ4v) is 3.99. The van der Waals surface area contributed by atoms with E-state index in [2.05, 4.69) is 22.0 Å². The number of fused-ring (bicyclic) bond motifs is 1. The van der Waals surface area contributed by atoms with Crippen LogP contribution in [0.3, 0.4) is 0 Å². The first-order valence-corrected chi connectivity index (χ1v) is 10.8. The molecule has 0 radical (unpaired) electrons. The molecule has 0 aliphatic rings. The molecule has 0 bridgehead atoms. The molecule has 164 valence electrons. The first-order valence-electron chi connectivity index (χ1n) is 10.8. The summed E-state index contributed by atoms with van der Waals surface area (Å²) in [4.78, 5) is 29.1. The Hall–Kier alpha value is -3.61. The molecule has 0 saturated carbocycles. The maximum Gasteiger partial charge on any atom is 0.254 e. The molecule has 0 spiro atoms. The summed E-state index contributed by atoms with van der Waals surface area (Å²) in [6, 6.07) is 9.74. The van der Waals surface area contributed by atoms with Gasteiger partial charge in [0.15, 0.2) is 0 Å². The highest BCUT2D eigenvalue weighted by Crippen LogP contribution is 2.26. The molecule has 3 heterocycles. The largest absolute Gasteiger partial charge is 0.337 e. The van der Waals surface area contributed by atoms with Gasteiger partial charge in [-0.3, -0.25) is 9.48 Å². The second kappa shape index (κ2) is 8.49. The van der Waals surface area contributed by atoms with Gasteiger partial charge in [-0.1, -0.05) is 11.6 Å². The highest BCUT2D eigenvalue weighted by Gasteiger charge is 2.20. The molecule has 0 aliphatic heterocycles. The molecule has 0 fully saturated rings. The summed E-state index contributed by atoms with van der Waals surface area (Å²) in [7, 11) is 1.83. The van der Waals surface area contributed by atoms with Crippen molar-refractivity contribution in [3.63, 3.8) is 0 Å². The molecule has 3 aromatic heterocycles. The zero-order chi connectivity index (χ0) is 23.0. The van der Waals surface area contributed by atoms with E-state index in [0.29, 0.717) is 29.3 Å². The maximum atomic E-state index is 13.6. The smallest absolute Gasteiger partial charge is 0.254 e. The van der Waals surface area contributed by atoms with Crippen molar-refractivity contribution < 1.29 is 4.79 Å². The number of benzene rings is 1. The molecule has 4 aromatic rings. The van der Waals surface area contributed by atoms with Crippen molar-refractivity contribution in [2.75, 3.05) is 7.05 Å². The number of nitrogens with zero attached hydrogens (tertiary/aromatic N) is 6. The van der Waals surface area contributed by atoms with Gasteiger partial charge in [0.2, 0.25) is 0 Å². The minimum Gasteiger partial charge on any atom is -0.337 e. The third-order valence-electron chi connectivity index (χ3n) is 5.68. The van der Waals surface area contributed by atoms with Gasteiger partial charge in [0, 0.05) is 42.5 Å². The highest BCUT2D eigenvalue weighted by atomic mass is 16.2. The van der Waals surface area contributed by atoms with Gasteiger partial charge in [0.25, 0.3) is 5.91 Å². The van der Waals surface area contributed by atoms with Crippen molar-refractivity contribution >= 4 is 16.8 Å². The van der Waals surface area contributed by atoms with E-state index < -0.39 is 0 Å². The number of carbonyl (C=O) groups is 1. The van der Waals surface area contributed by atoms with E-state index in [0.717, 1.165) is 40.0 Å². The van der Waals surface area contributed by atoms with Gasteiger partial charge < -0.3 is 4.90 Å². The fourth-order valence-electron chi connectivity index (χ4n) is 3.99. The third kappa shape index (κ3) is 4.10. The molecule has 7 nitrogen and oxygen atoms in total. The Morgan fingerprint density at radius 1 is 1.00 bits per heavy atom. The lowest BCUT2D eigenvalue weighted by Gasteiger charge is -2.19. The Balaban J connectivity index is 1.79. The van der Waals surface area contributed by atoms with Crippen LogP contribution in [0.4, 0.5) is 0 Å². The van der Waals surface area contributed by atoms with Crippen LogP contribution in [0.25, 0.3) is 22.3 Å². The lowest BCUT2D eigenvalue weighted by Crippen LogP contribution is -2.27. The van der Waals surface area contributed by atoms with Crippen LogP contribution in [-0.2, 0) is 13.1 Å². The Kier molecular flexibility index (Phi) is 5.74. The SMILES string of the molecule is CCn1ncc(CN(C)C(=O)c2cc(-c3cc(C)nc(C)n3)nc3ccc(C)cc23)c1C. The van der Waals surface area contributed by atoms with Gasteiger partial charge in [0.05, 0.1) is 28.7 Å². The number of aryl methyl sites for hydroxylation is 4. The summed E-state index contributed by atoms with van der Waals surface area (Å²) >= 11 is 0. The topological polar surface area (TPSA) is 76.8 Å². The van der Waals surface area contributed by atoms with Crippen molar-refractivity contribution in [3.05, 3.63) is 70.4 Å². The summed E-state index contributed by atoms with van der Waals surface area (Å²) < 4.78 is 1.94. The Morgan fingerprint density at radius 2 is 1.75 bits per heavy atom. The van der Waals surface area contributed by atoms with Crippen molar-refractivity contribution in [3.8, 4) is 11.4 Å². The number of carbonyl (C=O) groups excluding carboxylic acids is 1. The lowest BCUT2D eigenvalue weighted by molar-refractivity contribution is 0.0787. The molecule has 0 aliphatic carbocycles. The van der Waals surface area contributed by atoms with Crippen molar-refractivity contribution in [2.24, 2.45) is 0 Å². The average molecular weight is 429 g/mol.